The minimum Gasteiger partial charge on any atom is -0.468 e. The number of carbonyl (C=O) groups excluding carboxylic acids is 1. The van der Waals surface area contributed by atoms with Gasteiger partial charge in [-0.1, -0.05) is 27.7 Å². The first-order valence-electron chi connectivity index (χ1n) is 8.12. The molecule has 0 aliphatic heterocycles. The summed E-state index contributed by atoms with van der Waals surface area (Å²) >= 11 is 0. The van der Waals surface area contributed by atoms with Crippen molar-refractivity contribution in [2.75, 3.05) is 27.2 Å². The molecule has 4 nitrogen and oxygen atoms in total. The number of ether oxygens (including phenoxy) is 1. The van der Waals surface area contributed by atoms with Gasteiger partial charge in [0.05, 0.1) is 7.11 Å². The lowest BCUT2D eigenvalue weighted by molar-refractivity contribution is -0.148. The van der Waals surface area contributed by atoms with E-state index in [-0.39, 0.29) is 5.97 Å². The Morgan fingerprint density at radius 1 is 1.24 bits per heavy atom. The van der Waals surface area contributed by atoms with Gasteiger partial charge >= 0.3 is 5.97 Å². The van der Waals surface area contributed by atoms with Gasteiger partial charge in [0, 0.05) is 6.04 Å². The van der Waals surface area contributed by atoms with Crippen LogP contribution in [-0.4, -0.2) is 49.7 Å². The normalized spacial score (nSPS) is 16.6. The Hall–Kier alpha value is -0.610. The molecule has 4 heteroatoms. The van der Waals surface area contributed by atoms with Crippen molar-refractivity contribution in [3.8, 4) is 0 Å². The van der Waals surface area contributed by atoms with Crippen LogP contribution in [0.1, 0.15) is 60.8 Å². The average Bonchev–Trinajstić information content (AvgIpc) is 2.40. The summed E-state index contributed by atoms with van der Waals surface area (Å²) in [6.07, 6.45) is 2.92. The molecule has 0 heterocycles. The predicted octanol–water partition coefficient (Wildman–Crippen LogP) is 3.06. The third-order valence-electron chi connectivity index (χ3n) is 4.55. The fourth-order valence-electron chi connectivity index (χ4n) is 2.57. The number of unbranched alkanes of at least 4 members (excludes halogenated alkanes) is 1. The highest BCUT2D eigenvalue weighted by Crippen LogP contribution is 2.23. The molecule has 0 amide bonds. The van der Waals surface area contributed by atoms with Gasteiger partial charge < -0.3 is 15.0 Å². The highest BCUT2D eigenvalue weighted by molar-refractivity contribution is 5.80. The van der Waals surface area contributed by atoms with Gasteiger partial charge in [0.2, 0.25) is 0 Å². The van der Waals surface area contributed by atoms with Crippen LogP contribution >= 0.6 is 0 Å². The van der Waals surface area contributed by atoms with E-state index in [0.29, 0.717) is 11.5 Å². The van der Waals surface area contributed by atoms with Crippen LogP contribution in [0.5, 0.6) is 0 Å². The minimum absolute atomic E-state index is 0.166. The van der Waals surface area contributed by atoms with Crippen LogP contribution in [0.2, 0.25) is 0 Å². The zero-order chi connectivity index (χ0) is 16.7. The molecule has 0 radical (unpaired) electrons. The molecule has 0 saturated carbocycles. The van der Waals surface area contributed by atoms with Crippen LogP contribution < -0.4 is 5.32 Å². The van der Waals surface area contributed by atoms with Crippen molar-refractivity contribution in [2.24, 2.45) is 5.41 Å². The molecule has 0 rings (SSSR count). The molecule has 2 atom stereocenters. The minimum atomic E-state index is -0.558. The van der Waals surface area contributed by atoms with Gasteiger partial charge in [0.25, 0.3) is 0 Å². The molecular formula is C17H36N2O2. The molecule has 0 fully saturated rings. The maximum atomic E-state index is 11.9. The first kappa shape index (κ1) is 20.4. The largest absolute Gasteiger partial charge is 0.468 e. The summed E-state index contributed by atoms with van der Waals surface area (Å²) in [7, 11) is 3.64. The highest BCUT2D eigenvalue weighted by Gasteiger charge is 2.32. The number of esters is 1. The maximum Gasteiger partial charge on any atom is 0.325 e. The van der Waals surface area contributed by atoms with Crippen molar-refractivity contribution in [3.05, 3.63) is 0 Å². The predicted molar refractivity (Wildman–Crippen MR) is 89.5 cm³/mol. The van der Waals surface area contributed by atoms with Crippen molar-refractivity contribution < 1.29 is 9.53 Å². The van der Waals surface area contributed by atoms with Crippen molar-refractivity contribution in [2.45, 2.75) is 72.4 Å². The summed E-state index contributed by atoms with van der Waals surface area (Å²) in [4.78, 5) is 14.3. The summed E-state index contributed by atoms with van der Waals surface area (Å²) in [5, 5.41) is 3.26. The van der Waals surface area contributed by atoms with Crippen LogP contribution in [0.25, 0.3) is 0 Å². The van der Waals surface area contributed by atoms with E-state index >= 15 is 0 Å². The zero-order valence-electron chi connectivity index (χ0n) is 15.4. The van der Waals surface area contributed by atoms with Gasteiger partial charge in [0.1, 0.15) is 5.54 Å². The number of methoxy groups -OCH3 is 1. The lowest BCUT2D eigenvalue weighted by Crippen LogP contribution is -2.50. The smallest absolute Gasteiger partial charge is 0.325 e. The summed E-state index contributed by atoms with van der Waals surface area (Å²) in [6.45, 7) is 14.9. The van der Waals surface area contributed by atoms with Crippen molar-refractivity contribution in [1.82, 2.24) is 10.2 Å². The topological polar surface area (TPSA) is 41.6 Å². The monoisotopic (exact) mass is 300 g/mol. The van der Waals surface area contributed by atoms with Crippen LogP contribution in [0.4, 0.5) is 0 Å². The summed E-state index contributed by atoms with van der Waals surface area (Å²) in [5.41, 5.74) is -0.267. The second-order valence-electron chi connectivity index (χ2n) is 7.33. The SMILES string of the molecule is CCNC(C)(CCCCN(C)C(C)C(C)(C)C)C(=O)OC. The van der Waals surface area contributed by atoms with Crippen molar-refractivity contribution >= 4 is 5.97 Å². The Morgan fingerprint density at radius 3 is 2.24 bits per heavy atom. The Bertz CT molecular complexity index is 312. The number of rotatable bonds is 9. The summed E-state index contributed by atoms with van der Waals surface area (Å²) < 4.78 is 4.92. The third-order valence-corrected chi connectivity index (χ3v) is 4.55. The Balaban J connectivity index is 4.26. The number of hydrogen-bond donors (Lipinski definition) is 1. The standard InChI is InChI=1S/C17H36N2O2/c1-9-18-17(6,15(20)21-8)12-10-11-13-19(7)14(2)16(3,4)5/h14,18H,9-13H2,1-8H3. The molecule has 2 unspecified atom stereocenters. The van der Waals surface area contributed by atoms with Crippen molar-refractivity contribution in [1.29, 1.82) is 0 Å². The molecule has 21 heavy (non-hydrogen) atoms. The maximum absolute atomic E-state index is 11.9. The van der Waals surface area contributed by atoms with Crippen molar-refractivity contribution in [3.63, 3.8) is 0 Å². The second-order valence-corrected chi connectivity index (χ2v) is 7.33. The molecule has 126 valence electrons. The molecule has 1 N–H and O–H groups in total. The highest BCUT2D eigenvalue weighted by atomic mass is 16.5. The molecule has 0 aromatic rings. The van der Waals surface area contributed by atoms with Crippen LogP contribution in [0, 0.1) is 5.41 Å². The number of likely N-dealkylation sites (N-methyl/N-ethyl adjacent to an activating group) is 1. The Morgan fingerprint density at radius 2 is 1.81 bits per heavy atom. The second kappa shape index (κ2) is 8.74. The van der Waals surface area contributed by atoms with E-state index in [0.717, 1.165) is 32.4 Å². The van der Waals surface area contributed by atoms with E-state index in [1.165, 1.54) is 7.11 Å². The average molecular weight is 300 g/mol. The van der Waals surface area contributed by atoms with E-state index in [9.17, 15) is 4.79 Å². The molecule has 0 aliphatic rings. The van der Waals surface area contributed by atoms with E-state index in [4.69, 9.17) is 4.74 Å². The lowest BCUT2D eigenvalue weighted by atomic mass is 9.87. The Kier molecular flexibility index (Phi) is 8.49. The van der Waals surface area contributed by atoms with Crippen LogP contribution in [0.3, 0.4) is 0 Å². The van der Waals surface area contributed by atoms with E-state index in [2.05, 4.69) is 45.0 Å². The molecule has 0 saturated heterocycles. The molecule has 0 aromatic carbocycles. The first-order valence-corrected chi connectivity index (χ1v) is 8.12. The number of nitrogens with zero attached hydrogens (tertiary/aromatic N) is 1. The van der Waals surface area contributed by atoms with E-state index < -0.39 is 5.54 Å². The molecule has 0 spiro atoms. The van der Waals surface area contributed by atoms with E-state index in [1.54, 1.807) is 0 Å². The molecule has 0 bridgehead atoms. The molecule has 0 aliphatic carbocycles. The van der Waals surface area contributed by atoms with Gasteiger partial charge in [-0.25, -0.2) is 0 Å². The fourth-order valence-corrected chi connectivity index (χ4v) is 2.57. The van der Waals surface area contributed by atoms with Crippen LogP contribution in [-0.2, 0) is 9.53 Å². The number of hydrogen-bond acceptors (Lipinski definition) is 4. The van der Waals surface area contributed by atoms with Gasteiger partial charge in [-0.2, -0.15) is 0 Å². The first-order chi connectivity index (χ1) is 9.58. The van der Waals surface area contributed by atoms with Gasteiger partial charge in [0.15, 0.2) is 0 Å². The number of carbonyl (C=O) groups is 1. The third kappa shape index (κ3) is 6.79. The zero-order valence-corrected chi connectivity index (χ0v) is 15.4. The van der Waals surface area contributed by atoms with Crippen LogP contribution in [0.15, 0.2) is 0 Å². The quantitative estimate of drug-likeness (QED) is 0.525. The summed E-state index contributed by atoms with van der Waals surface area (Å²) in [5.74, 6) is -0.166. The molecule has 0 aromatic heterocycles. The van der Waals surface area contributed by atoms with Gasteiger partial charge in [-0.05, 0) is 58.7 Å². The number of nitrogens with one attached hydrogen (secondary N) is 1. The Labute approximate surface area is 131 Å². The summed E-state index contributed by atoms with van der Waals surface area (Å²) in [6, 6.07) is 0.540. The van der Waals surface area contributed by atoms with E-state index in [1.807, 2.05) is 13.8 Å². The molecular weight excluding hydrogens is 264 g/mol. The fraction of sp³-hybridized carbons (Fsp3) is 0.941. The van der Waals surface area contributed by atoms with Gasteiger partial charge in [-0.3, -0.25) is 4.79 Å². The van der Waals surface area contributed by atoms with Gasteiger partial charge in [-0.15, -0.1) is 0 Å². The lowest BCUT2D eigenvalue weighted by Gasteiger charge is -2.35.